The van der Waals surface area contributed by atoms with Crippen LogP contribution in [0, 0.1) is 5.82 Å². The molecule has 1 aromatic carbocycles. The number of carbonyl (C=O) groups is 2. The Labute approximate surface area is 144 Å². The summed E-state index contributed by atoms with van der Waals surface area (Å²) >= 11 is 0. The lowest BCUT2D eigenvalue weighted by Crippen LogP contribution is -2.47. The van der Waals surface area contributed by atoms with Crippen molar-refractivity contribution in [3.05, 3.63) is 47.5 Å². The highest BCUT2D eigenvalue weighted by Gasteiger charge is 2.39. The zero-order chi connectivity index (χ0) is 19.5. The van der Waals surface area contributed by atoms with Gasteiger partial charge in [-0.1, -0.05) is 0 Å². The van der Waals surface area contributed by atoms with Crippen LogP contribution in [0.15, 0.2) is 30.5 Å². The van der Waals surface area contributed by atoms with Crippen LogP contribution in [0.25, 0.3) is 0 Å². The van der Waals surface area contributed by atoms with Gasteiger partial charge in [0.15, 0.2) is 11.8 Å². The van der Waals surface area contributed by atoms with Gasteiger partial charge in [0.1, 0.15) is 11.6 Å². The second-order valence-corrected chi connectivity index (χ2v) is 5.22. The lowest BCUT2D eigenvalue weighted by molar-refractivity contribution is -0.141. The van der Waals surface area contributed by atoms with Gasteiger partial charge >= 0.3 is 6.18 Å². The second kappa shape index (κ2) is 7.42. The minimum atomic E-state index is -4.82. The van der Waals surface area contributed by atoms with Gasteiger partial charge in [-0.2, -0.15) is 18.3 Å². The van der Waals surface area contributed by atoms with Gasteiger partial charge in [0.25, 0.3) is 11.8 Å². The summed E-state index contributed by atoms with van der Waals surface area (Å²) < 4.78 is 57.4. The van der Waals surface area contributed by atoms with Crippen molar-refractivity contribution in [2.75, 3.05) is 0 Å². The van der Waals surface area contributed by atoms with Crippen LogP contribution in [-0.2, 0) is 18.0 Å². The summed E-state index contributed by atoms with van der Waals surface area (Å²) in [4.78, 5) is 23.8. The highest BCUT2D eigenvalue weighted by Crippen LogP contribution is 2.30. The molecule has 1 heterocycles. The summed E-state index contributed by atoms with van der Waals surface area (Å²) in [6.07, 6.45) is -5.04. The Bertz CT molecular complexity index is 802. The highest BCUT2D eigenvalue weighted by molar-refractivity contribution is 5.96. The van der Waals surface area contributed by atoms with Gasteiger partial charge < -0.3 is 4.74 Å². The number of ether oxygens (including phenoxy) is 1. The van der Waals surface area contributed by atoms with E-state index < -0.39 is 41.2 Å². The molecule has 0 aliphatic heterocycles. The van der Waals surface area contributed by atoms with E-state index in [1.807, 2.05) is 10.9 Å². The zero-order valence-corrected chi connectivity index (χ0v) is 13.6. The van der Waals surface area contributed by atoms with Crippen molar-refractivity contribution in [1.29, 1.82) is 0 Å². The fourth-order valence-electron chi connectivity index (χ4n) is 1.92. The van der Waals surface area contributed by atoms with Gasteiger partial charge in [0.2, 0.25) is 0 Å². The number of aryl methyl sites for hydroxylation is 1. The first-order valence-electron chi connectivity index (χ1n) is 7.21. The number of hydrogen-bond donors (Lipinski definition) is 2. The van der Waals surface area contributed by atoms with Crippen LogP contribution >= 0.6 is 0 Å². The third kappa shape index (κ3) is 4.71. The topological polar surface area (TPSA) is 85.3 Å². The molecule has 0 saturated carbocycles. The molecular weight excluding hydrogens is 360 g/mol. The first-order valence-corrected chi connectivity index (χ1v) is 7.21. The molecule has 0 fully saturated rings. The number of nitrogens with zero attached hydrogens (tertiary/aromatic N) is 2. The molecular formula is C15H14F4N4O3. The maximum Gasteiger partial charge on any atom is 0.435 e. The molecule has 0 bridgehead atoms. The van der Waals surface area contributed by atoms with Crippen LogP contribution in [0.4, 0.5) is 17.6 Å². The number of amides is 2. The van der Waals surface area contributed by atoms with Crippen LogP contribution in [-0.4, -0.2) is 27.7 Å². The molecule has 0 spiro atoms. The molecule has 0 aliphatic rings. The predicted octanol–water partition coefficient (Wildman–Crippen LogP) is 1.81. The van der Waals surface area contributed by atoms with Gasteiger partial charge in [-0.15, -0.1) is 0 Å². The first kappa shape index (κ1) is 19.2. The normalized spacial score (nSPS) is 12.4. The molecule has 0 saturated heterocycles. The summed E-state index contributed by atoms with van der Waals surface area (Å²) in [7, 11) is 1.23. The Morgan fingerprint density at radius 1 is 1.19 bits per heavy atom. The summed E-state index contributed by atoms with van der Waals surface area (Å²) in [6.45, 7) is 1.34. The zero-order valence-electron chi connectivity index (χ0n) is 13.6. The Kier molecular flexibility index (Phi) is 5.48. The number of carbonyl (C=O) groups excluding carboxylic acids is 2. The van der Waals surface area contributed by atoms with E-state index >= 15 is 0 Å². The Balaban J connectivity index is 1.96. The molecule has 7 nitrogen and oxygen atoms in total. The number of halogens is 4. The van der Waals surface area contributed by atoms with Gasteiger partial charge in [-0.25, -0.2) is 4.39 Å². The monoisotopic (exact) mass is 374 g/mol. The maximum absolute atomic E-state index is 12.8. The maximum atomic E-state index is 12.8. The molecule has 2 aromatic rings. The number of nitrogens with one attached hydrogen (secondary N) is 2. The van der Waals surface area contributed by atoms with Crippen molar-refractivity contribution in [1.82, 2.24) is 20.6 Å². The second-order valence-electron chi connectivity index (χ2n) is 5.22. The van der Waals surface area contributed by atoms with E-state index in [0.717, 1.165) is 23.0 Å². The molecule has 2 N–H and O–H groups in total. The summed E-state index contributed by atoms with van der Waals surface area (Å²) in [5.74, 6) is -2.29. The summed E-state index contributed by atoms with van der Waals surface area (Å²) in [5, 5.41) is 3.19. The number of hydrazine groups is 1. The van der Waals surface area contributed by atoms with E-state index in [4.69, 9.17) is 4.74 Å². The average Bonchev–Trinajstić information content (AvgIpc) is 2.96. The fourth-order valence-corrected chi connectivity index (χ4v) is 1.92. The molecule has 1 atom stereocenters. The van der Waals surface area contributed by atoms with Gasteiger partial charge in [0, 0.05) is 13.2 Å². The van der Waals surface area contributed by atoms with Crippen molar-refractivity contribution in [2.45, 2.75) is 19.2 Å². The van der Waals surface area contributed by atoms with Crippen molar-refractivity contribution in [2.24, 2.45) is 7.05 Å². The largest absolute Gasteiger partial charge is 0.481 e. The molecule has 0 radical (unpaired) electrons. The van der Waals surface area contributed by atoms with Gasteiger partial charge in [0.05, 0.1) is 5.56 Å². The Morgan fingerprint density at radius 2 is 1.81 bits per heavy atom. The lowest BCUT2D eigenvalue weighted by Gasteiger charge is -2.15. The molecule has 140 valence electrons. The average molecular weight is 374 g/mol. The Morgan fingerprint density at radius 3 is 2.38 bits per heavy atom. The summed E-state index contributed by atoms with van der Waals surface area (Å²) in [5.41, 5.74) is 1.71. The van der Waals surface area contributed by atoms with E-state index in [2.05, 4.69) is 5.10 Å². The molecule has 2 amide bonds. The van der Waals surface area contributed by atoms with Crippen LogP contribution in [0.1, 0.15) is 23.0 Å². The van der Waals surface area contributed by atoms with Gasteiger partial charge in [-0.3, -0.25) is 25.1 Å². The molecule has 11 heteroatoms. The quantitative estimate of drug-likeness (QED) is 0.631. The van der Waals surface area contributed by atoms with Crippen LogP contribution in [0.2, 0.25) is 0 Å². The van der Waals surface area contributed by atoms with Crippen molar-refractivity contribution in [3.63, 3.8) is 0 Å². The highest BCUT2D eigenvalue weighted by atomic mass is 19.4. The smallest absolute Gasteiger partial charge is 0.435 e. The predicted molar refractivity (Wildman–Crippen MR) is 80.3 cm³/mol. The van der Waals surface area contributed by atoms with E-state index in [1.54, 1.807) is 0 Å². The minimum absolute atomic E-state index is 0.201. The first-order chi connectivity index (χ1) is 12.1. The molecule has 0 aliphatic carbocycles. The fraction of sp³-hybridized carbons (Fsp3) is 0.267. The van der Waals surface area contributed by atoms with E-state index in [9.17, 15) is 27.2 Å². The number of rotatable bonds is 4. The van der Waals surface area contributed by atoms with Crippen LogP contribution in [0.3, 0.4) is 0 Å². The minimum Gasteiger partial charge on any atom is -0.481 e. The van der Waals surface area contributed by atoms with E-state index in [0.29, 0.717) is 0 Å². The van der Waals surface area contributed by atoms with Crippen molar-refractivity contribution < 1.29 is 31.9 Å². The third-order valence-electron chi connectivity index (χ3n) is 3.14. The number of alkyl halides is 3. The lowest BCUT2D eigenvalue weighted by atomic mass is 10.2. The number of hydrogen-bond acceptors (Lipinski definition) is 4. The van der Waals surface area contributed by atoms with Crippen LogP contribution < -0.4 is 15.6 Å². The molecule has 1 unspecified atom stereocenters. The summed E-state index contributed by atoms with van der Waals surface area (Å²) in [6, 6.07) is 4.84. The third-order valence-corrected chi connectivity index (χ3v) is 3.14. The SMILES string of the molecule is CC(Oc1ccc(F)cc1)C(=O)NNC(=O)c1cn(C)nc1C(F)(F)F. The van der Waals surface area contributed by atoms with E-state index in [-0.39, 0.29) is 5.75 Å². The van der Waals surface area contributed by atoms with Gasteiger partial charge in [-0.05, 0) is 31.2 Å². The van der Waals surface area contributed by atoms with Crippen molar-refractivity contribution >= 4 is 11.8 Å². The molecule has 26 heavy (non-hydrogen) atoms. The number of benzene rings is 1. The standard InChI is InChI=1S/C15H14F4N4O3/c1-8(26-10-5-3-9(16)4-6-10)13(24)20-21-14(25)11-7-23(2)22-12(11)15(17,18)19/h3-8H,1-2H3,(H,20,24)(H,21,25). The molecule has 1 aromatic heterocycles. The number of aromatic nitrogens is 2. The van der Waals surface area contributed by atoms with Crippen molar-refractivity contribution in [3.8, 4) is 5.75 Å². The van der Waals surface area contributed by atoms with Crippen LogP contribution in [0.5, 0.6) is 5.75 Å². The van der Waals surface area contributed by atoms with E-state index in [1.165, 1.54) is 26.1 Å². The molecule has 2 rings (SSSR count). The Hall–Kier alpha value is -3.11.